The summed E-state index contributed by atoms with van der Waals surface area (Å²) in [6, 6.07) is 0. The number of piperidine rings is 1. The van der Waals surface area contributed by atoms with Crippen LogP contribution in [0.4, 0.5) is 13.2 Å². The van der Waals surface area contributed by atoms with Crippen molar-refractivity contribution >= 4 is 23.2 Å². The van der Waals surface area contributed by atoms with E-state index in [1.807, 2.05) is 19.4 Å². The maximum absolute atomic E-state index is 12.2. The Balaban J connectivity index is 0.000000445. The van der Waals surface area contributed by atoms with E-state index in [0.29, 0.717) is 13.0 Å². The summed E-state index contributed by atoms with van der Waals surface area (Å²) in [4.78, 5) is 29.7. The Labute approximate surface area is 161 Å². The van der Waals surface area contributed by atoms with Crippen molar-refractivity contribution < 1.29 is 27.9 Å². The highest BCUT2D eigenvalue weighted by molar-refractivity contribution is 7.09. The molecule has 1 amide bonds. The molecule has 1 N–H and O–H groups in total. The monoisotopic (exact) mass is 409 g/mol. The summed E-state index contributed by atoms with van der Waals surface area (Å²) >= 11 is 1.64. The van der Waals surface area contributed by atoms with E-state index >= 15 is 0 Å². The molecule has 0 spiro atoms. The van der Waals surface area contributed by atoms with E-state index in [0.717, 1.165) is 36.3 Å². The van der Waals surface area contributed by atoms with Crippen LogP contribution in [-0.4, -0.2) is 64.6 Å². The van der Waals surface area contributed by atoms with Gasteiger partial charge in [0.2, 0.25) is 5.91 Å². The topological polar surface area (TPSA) is 73.7 Å². The molecular formula is C17H26F3N3O3S. The summed E-state index contributed by atoms with van der Waals surface area (Å²) in [5, 5.41) is 10.2. The number of carboxylic acid groups (broad SMARTS) is 1. The molecule has 1 aliphatic rings. The third-order valence-electron chi connectivity index (χ3n) is 4.12. The van der Waals surface area contributed by atoms with E-state index in [-0.39, 0.29) is 5.91 Å². The average Bonchev–Trinajstić information content (AvgIpc) is 2.97. The molecule has 1 aromatic rings. The van der Waals surface area contributed by atoms with Crippen LogP contribution in [0, 0.1) is 12.8 Å². The zero-order chi connectivity index (χ0) is 20.6. The minimum absolute atomic E-state index is 0.217. The summed E-state index contributed by atoms with van der Waals surface area (Å²) in [6.45, 7) is 8.09. The highest BCUT2D eigenvalue weighted by Gasteiger charge is 2.38. The normalized spacial score (nSPS) is 17.8. The number of likely N-dealkylation sites (tertiary alicyclic amines) is 1. The van der Waals surface area contributed by atoms with Crippen LogP contribution >= 0.6 is 11.3 Å². The van der Waals surface area contributed by atoms with Gasteiger partial charge >= 0.3 is 12.1 Å². The van der Waals surface area contributed by atoms with Gasteiger partial charge in [-0.05, 0) is 32.2 Å². The summed E-state index contributed by atoms with van der Waals surface area (Å²) in [7, 11) is 1.87. The lowest BCUT2D eigenvalue weighted by atomic mass is 10.0. The van der Waals surface area contributed by atoms with Gasteiger partial charge in [0.25, 0.3) is 0 Å². The summed E-state index contributed by atoms with van der Waals surface area (Å²) in [5.74, 6) is -1.77. The van der Waals surface area contributed by atoms with Gasteiger partial charge in [-0.1, -0.05) is 6.92 Å². The van der Waals surface area contributed by atoms with Crippen LogP contribution in [0.15, 0.2) is 5.38 Å². The Bertz CT molecular complexity index is 622. The van der Waals surface area contributed by atoms with Gasteiger partial charge in [-0.3, -0.25) is 4.79 Å². The van der Waals surface area contributed by atoms with E-state index in [4.69, 9.17) is 9.90 Å². The van der Waals surface area contributed by atoms with Gasteiger partial charge in [0.1, 0.15) is 0 Å². The second kappa shape index (κ2) is 10.6. The SMILES string of the molecule is Cc1nc(CN(C)C(=O)CCN2CCCC(C)C2)cs1.O=C(O)C(F)(F)F. The average molecular weight is 409 g/mol. The Morgan fingerprint density at radius 3 is 2.56 bits per heavy atom. The predicted octanol–water partition coefficient (Wildman–Crippen LogP) is 3.17. The number of aliphatic carboxylic acids is 1. The molecular weight excluding hydrogens is 383 g/mol. The number of hydrogen-bond donors (Lipinski definition) is 1. The van der Waals surface area contributed by atoms with Crippen molar-refractivity contribution in [3.05, 3.63) is 16.1 Å². The second-order valence-electron chi connectivity index (χ2n) is 6.71. The maximum Gasteiger partial charge on any atom is 0.490 e. The molecule has 0 bridgehead atoms. The molecule has 0 saturated carbocycles. The maximum atomic E-state index is 12.2. The molecule has 1 aliphatic heterocycles. The fourth-order valence-corrected chi connectivity index (χ4v) is 3.35. The number of carboxylic acids is 1. The first kappa shape index (κ1) is 23.4. The first-order chi connectivity index (χ1) is 12.5. The molecule has 27 heavy (non-hydrogen) atoms. The number of aromatic nitrogens is 1. The largest absolute Gasteiger partial charge is 0.490 e. The summed E-state index contributed by atoms with van der Waals surface area (Å²) in [6.07, 6.45) is -1.87. The molecule has 2 rings (SSSR count). The Morgan fingerprint density at radius 1 is 1.44 bits per heavy atom. The van der Waals surface area contributed by atoms with E-state index in [1.165, 1.54) is 12.8 Å². The molecule has 1 saturated heterocycles. The Morgan fingerprint density at radius 2 is 2.07 bits per heavy atom. The number of halogens is 3. The predicted molar refractivity (Wildman–Crippen MR) is 96.5 cm³/mol. The molecule has 1 unspecified atom stereocenters. The number of aryl methyl sites for hydroxylation is 1. The van der Waals surface area contributed by atoms with Gasteiger partial charge in [-0.25, -0.2) is 9.78 Å². The van der Waals surface area contributed by atoms with Crippen molar-refractivity contribution in [1.29, 1.82) is 0 Å². The number of rotatable bonds is 5. The van der Waals surface area contributed by atoms with Crippen molar-refractivity contribution in [3.63, 3.8) is 0 Å². The molecule has 6 nitrogen and oxygen atoms in total. The zero-order valence-corrected chi connectivity index (χ0v) is 16.6. The third kappa shape index (κ3) is 9.18. The third-order valence-corrected chi connectivity index (χ3v) is 4.94. The molecule has 2 heterocycles. The number of nitrogens with zero attached hydrogens (tertiary/aromatic N) is 3. The van der Waals surface area contributed by atoms with Crippen molar-refractivity contribution in [2.45, 2.75) is 45.8 Å². The Hall–Kier alpha value is -1.68. The second-order valence-corrected chi connectivity index (χ2v) is 7.77. The van der Waals surface area contributed by atoms with E-state index in [2.05, 4.69) is 16.8 Å². The number of alkyl halides is 3. The van der Waals surface area contributed by atoms with Gasteiger partial charge in [0.05, 0.1) is 17.2 Å². The van der Waals surface area contributed by atoms with Crippen LogP contribution in [0.1, 0.15) is 36.9 Å². The highest BCUT2D eigenvalue weighted by Crippen LogP contribution is 2.16. The number of hydrogen-bond acceptors (Lipinski definition) is 5. The minimum atomic E-state index is -5.08. The van der Waals surface area contributed by atoms with Crippen LogP contribution in [0.25, 0.3) is 0 Å². The summed E-state index contributed by atoms with van der Waals surface area (Å²) < 4.78 is 31.7. The van der Waals surface area contributed by atoms with Crippen LogP contribution in [0.5, 0.6) is 0 Å². The van der Waals surface area contributed by atoms with Crippen molar-refractivity contribution in [2.24, 2.45) is 5.92 Å². The van der Waals surface area contributed by atoms with E-state index in [1.54, 1.807) is 16.2 Å². The fraction of sp³-hybridized carbons (Fsp3) is 0.706. The fourth-order valence-electron chi connectivity index (χ4n) is 2.75. The quantitative estimate of drug-likeness (QED) is 0.809. The van der Waals surface area contributed by atoms with Crippen molar-refractivity contribution in [1.82, 2.24) is 14.8 Å². The first-order valence-corrected chi connectivity index (χ1v) is 9.54. The lowest BCUT2D eigenvalue weighted by molar-refractivity contribution is -0.192. The smallest absolute Gasteiger partial charge is 0.475 e. The zero-order valence-electron chi connectivity index (χ0n) is 15.8. The standard InChI is InChI=1S/C15H25N3OS.C2HF3O2/c1-12-5-4-7-18(9-12)8-6-15(19)17(3)10-14-11-20-13(2)16-14;3-2(4,5)1(6)7/h11-12H,4-10H2,1-3H3;(H,6,7). The molecule has 0 radical (unpaired) electrons. The molecule has 0 aliphatic carbocycles. The number of thiazole rings is 1. The van der Waals surface area contributed by atoms with Gasteiger partial charge < -0.3 is 14.9 Å². The van der Waals surface area contributed by atoms with Gasteiger partial charge in [-0.15, -0.1) is 11.3 Å². The first-order valence-electron chi connectivity index (χ1n) is 8.66. The van der Waals surface area contributed by atoms with Crippen molar-refractivity contribution in [3.8, 4) is 0 Å². The lowest BCUT2D eigenvalue weighted by Crippen LogP contribution is -2.37. The minimum Gasteiger partial charge on any atom is -0.475 e. The van der Waals surface area contributed by atoms with Crippen LogP contribution < -0.4 is 0 Å². The van der Waals surface area contributed by atoms with Gasteiger partial charge in [0, 0.05) is 31.9 Å². The molecule has 1 atom stereocenters. The molecule has 1 aromatic heterocycles. The van der Waals surface area contributed by atoms with E-state index < -0.39 is 12.1 Å². The molecule has 1 fully saturated rings. The number of carbonyl (C=O) groups is 2. The molecule has 154 valence electrons. The number of amides is 1. The van der Waals surface area contributed by atoms with E-state index in [9.17, 15) is 18.0 Å². The molecule has 0 aromatic carbocycles. The Kier molecular flexibility index (Phi) is 9.17. The van der Waals surface area contributed by atoms with Crippen LogP contribution in [0.2, 0.25) is 0 Å². The molecule has 10 heteroatoms. The van der Waals surface area contributed by atoms with Crippen molar-refractivity contribution in [2.75, 3.05) is 26.7 Å². The van der Waals surface area contributed by atoms with Gasteiger partial charge in [-0.2, -0.15) is 13.2 Å². The van der Waals surface area contributed by atoms with Crippen LogP contribution in [0.3, 0.4) is 0 Å². The number of carbonyl (C=O) groups excluding carboxylic acids is 1. The lowest BCUT2D eigenvalue weighted by Gasteiger charge is -2.31. The highest BCUT2D eigenvalue weighted by atomic mass is 32.1. The summed E-state index contributed by atoms with van der Waals surface area (Å²) in [5.41, 5.74) is 0.995. The van der Waals surface area contributed by atoms with Gasteiger partial charge in [0.15, 0.2) is 0 Å². The van der Waals surface area contributed by atoms with Crippen LogP contribution in [-0.2, 0) is 16.1 Å².